The summed E-state index contributed by atoms with van der Waals surface area (Å²) in [4.78, 5) is 0. The zero-order valence-electron chi connectivity index (χ0n) is 9.19. The average molecular weight is 235 g/mol. The minimum Gasteiger partial charge on any atom is -0.375 e. The largest absolute Gasteiger partial charge is 0.375 e. The van der Waals surface area contributed by atoms with E-state index >= 15 is 0 Å². The van der Waals surface area contributed by atoms with Gasteiger partial charge in [-0.2, -0.15) is 24.4 Å². The average Bonchev–Trinajstić information content (AvgIpc) is 2.16. The molecule has 1 unspecified atom stereocenters. The predicted octanol–water partition coefficient (Wildman–Crippen LogP) is 2.01. The minimum atomic E-state index is 0.322. The highest BCUT2D eigenvalue weighted by Gasteiger charge is 2.30. The van der Waals surface area contributed by atoms with E-state index < -0.39 is 0 Å². The number of piperidine rings is 1. The Hall–Kier alpha value is 0.620. The lowest BCUT2D eigenvalue weighted by molar-refractivity contribution is -0.0355. The summed E-state index contributed by atoms with van der Waals surface area (Å²) in [6.07, 6.45) is 3.92. The number of rotatable bonds is 4. The van der Waals surface area contributed by atoms with Crippen molar-refractivity contribution in [3.63, 3.8) is 0 Å². The van der Waals surface area contributed by atoms with Crippen LogP contribution in [0.5, 0.6) is 0 Å². The third kappa shape index (κ3) is 3.65. The van der Waals surface area contributed by atoms with Gasteiger partial charge in [0.05, 0.1) is 16.8 Å². The van der Waals surface area contributed by atoms with Crippen LogP contribution in [0.1, 0.15) is 20.3 Å². The maximum Gasteiger partial charge on any atom is 0.0649 e. The Balaban J connectivity index is 2.49. The maximum absolute atomic E-state index is 5.92. The van der Waals surface area contributed by atoms with Gasteiger partial charge >= 0.3 is 0 Å². The van der Waals surface area contributed by atoms with E-state index in [4.69, 9.17) is 4.74 Å². The van der Waals surface area contributed by atoms with Crippen molar-refractivity contribution in [1.29, 1.82) is 0 Å². The molecule has 2 nitrogen and oxygen atoms in total. The number of hydrogen-bond acceptors (Lipinski definition) is 4. The first-order valence-electron chi connectivity index (χ1n) is 5.22. The van der Waals surface area contributed by atoms with E-state index in [0.29, 0.717) is 22.7 Å². The van der Waals surface area contributed by atoms with Gasteiger partial charge in [0, 0.05) is 12.5 Å². The van der Waals surface area contributed by atoms with Crippen LogP contribution in [0, 0.1) is 5.92 Å². The molecule has 84 valence electrons. The Kier molecular flexibility index (Phi) is 5.67. The Morgan fingerprint density at radius 3 is 2.79 bits per heavy atom. The molecule has 0 aliphatic carbocycles. The third-order valence-electron chi connectivity index (χ3n) is 2.52. The molecule has 1 aliphatic heterocycles. The first-order valence-corrected chi connectivity index (χ1v) is 7.02. The first kappa shape index (κ1) is 12.7. The van der Waals surface area contributed by atoms with Crippen LogP contribution in [0.2, 0.25) is 0 Å². The van der Waals surface area contributed by atoms with Gasteiger partial charge in [0.2, 0.25) is 0 Å². The summed E-state index contributed by atoms with van der Waals surface area (Å²) in [5.74, 6) is 0.532. The quantitative estimate of drug-likeness (QED) is 0.575. The van der Waals surface area contributed by atoms with Gasteiger partial charge in [-0.05, 0) is 33.1 Å². The van der Waals surface area contributed by atoms with Gasteiger partial charge < -0.3 is 10.1 Å². The van der Waals surface area contributed by atoms with E-state index in [1.165, 1.54) is 0 Å². The summed E-state index contributed by atoms with van der Waals surface area (Å²) in [5, 5.41) is 3.41. The minimum absolute atomic E-state index is 0.322. The summed E-state index contributed by atoms with van der Waals surface area (Å²) in [5.41, 5.74) is 0. The van der Waals surface area contributed by atoms with Gasteiger partial charge in [0.25, 0.3) is 0 Å². The molecule has 1 rings (SSSR count). The van der Waals surface area contributed by atoms with E-state index in [-0.39, 0.29) is 0 Å². The van der Waals surface area contributed by atoms with Crippen molar-refractivity contribution >= 4 is 24.4 Å². The number of thiol groups is 1. The number of thioether (sulfide) groups is 1. The van der Waals surface area contributed by atoms with Crippen molar-refractivity contribution < 1.29 is 4.74 Å². The molecule has 0 bridgehead atoms. The second-order valence-corrected chi connectivity index (χ2v) is 5.89. The van der Waals surface area contributed by atoms with Crippen molar-refractivity contribution in [3.05, 3.63) is 0 Å². The second kappa shape index (κ2) is 6.26. The van der Waals surface area contributed by atoms with Crippen molar-refractivity contribution in [3.8, 4) is 0 Å². The van der Waals surface area contributed by atoms with E-state index in [2.05, 4.69) is 38.0 Å². The summed E-state index contributed by atoms with van der Waals surface area (Å²) >= 11 is 6.40. The molecule has 0 spiro atoms. The van der Waals surface area contributed by atoms with Crippen LogP contribution in [-0.4, -0.2) is 36.1 Å². The highest BCUT2D eigenvalue weighted by molar-refractivity contribution is 8.09. The molecule has 1 aliphatic rings. The molecule has 4 heteroatoms. The fraction of sp³-hybridized carbons (Fsp3) is 1.00. The van der Waals surface area contributed by atoms with E-state index in [1.54, 1.807) is 11.8 Å². The van der Waals surface area contributed by atoms with Gasteiger partial charge in [0.15, 0.2) is 0 Å². The fourth-order valence-electron chi connectivity index (χ4n) is 1.84. The lowest BCUT2D eigenvalue weighted by Gasteiger charge is -2.35. The fourth-order valence-corrected chi connectivity index (χ4v) is 2.75. The summed E-state index contributed by atoms with van der Waals surface area (Å²) < 4.78 is 6.31. The van der Waals surface area contributed by atoms with E-state index in [0.717, 1.165) is 19.5 Å². The molecule has 3 atom stereocenters. The van der Waals surface area contributed by atoms with Crippen molar-refractivity contribution in [1.82, 2.24) is 5.32 Å². The molecule has 0 aromatic rings. The molecule has 0 aromatic heterocycles. The smallest absolute Gasteiger partial charge is 0.0649 e. The van der Waals surface area contributed by atoms with Crippen LogP contribution in [0.3, 0.4) is 0 Å². The van der Waals surface area contributed by atoms with Crippen LogP contribution in [-0.2, 0) is 4.74 Å². The zero-order chi connectivity index (χ0) is 10.6. The molecular weight excluding hydrogens is 214 g/mol. The Bertz CT molecular complexity index is 166. The van der Waals surface area contributed by atoms with Crippen LogP contribution >= 0.6 is 24.4 Å². The second-order valence-electron chi connectivity index (χ2n) is 4.01. The first-order chi connectivity index (χ1) is 6.65. The van der Waals surface area contributed by atoms with Crippen molar-refractivity contribution in [2.45, 2.75) is 37.1 Å². The van der Waals surface area contributed by atoms with Crippen LogP contribution in [0.25, 0.3) is 0 Å². The number of ether oxygens (including phenoxy) is 1. The molecular formula is C10H21NOS2. The SMILES string of the molecule is CSC(S)[C@@H]1CNCC[C@H]1OC(C)C. The Labute approximate surface area is 97.0 Å². The van der Waals surface area contributed by atoms with Gasteiger partial charge in [-0.25, -0.2) is 0 Å². The molecule has 0 amide bonds. The highest BCUT2D eigenvalue weighted by atomic mass is 32.2. The summed E-state index contributed by atoms with van der Waals surface area (Å²) in [6, 6.07) is 0. The van der Waals surface area contributed by atoms with Gasteiger partial charge in [-0.3, -0.25) is 0 Å². The molecule has 0 radical (unpaired) electrons. The third-order valence-corrected chi connectivity index (χ3v) is 4.37. The molecule has 14 heavy (non-hydrogen) atoms. The van der Waals surface area contributed by atoms with Gasteiger partial charge in [-0.1, -0.05) is 0 Å². The van der Waals surface area contributed by atoms with Crippen LogP contribution < -0.4 is 5.32 Å². The number of nitrogens with one attached hydrogen (secondary N) is 1. The standard InChI is InChI=1S/C10H21NOS2/c1-7(2)12-9-4-5-11-6-8(9)10(13)14-3/h7-11,13H,4-6H2,1-3H3/t8-,9-,10?/m1/s1. The summed E-state index contributed by atoms with van der Waals surface area (Å²) in [6.45, 7) is 6.31. The molecule has 1 fully saturated rings. The maximum atomic E-state index is 5.92. The molecule has 0 saturated carbocycles. The van der Waals surface area contributed by atoms with Crippen molar-refractivity contribution in [2.24, 2.45) is 5.92 Å². The van der Waals surface area contributed by atoms with E-state index in [1.807, 2.05) is 0 Å². The molecule has 1 saturated heterocycles. The highest BCUT2D eigenvalue weighted by Crippen LogP contribution is 2.29. The lowest BCUT2D eigenvalue weighted by Crippen LogP contribution is -2.45. The van der Waals surface area contributed by atoms with Crippen LogP contribution in [0.15, 0.2) is 0 Å². The predicted molar refractivity (Wildman–Crippen MR) is 67.3 cm³/mol. The monoisotopic (exact) mass is 235 g/mol. The normalized spacial score (nSPS) is 30.6. The van der Waals surface area contributed by atoms with Crippen LogP contribution in [0.4, 0.5) is 0 Å². The summed E-state index contributed by atoms with van der Waals surface area (Å²) in [7, 11) is 0. The molecule has 1 heterocycles. The number of hydrogen-bond donors (Lipinski definition) is 2. The van der Waals surface area contributed by atoms with Crippen molar-refractivity contribution in [2.75, 3.05) is 19.3 Å². The topological polar surface area (TPSA) is 21.3 Å². The lowest BCUT2D eigenvalue weighted by atomic mass is 9.97. The van der Waals surface area contributed by atoms with Gasteiger partial charge in [0.1, 0.15) is 0 Å². The Morgan fingerprint density at radius 1 is 1.50 bits per heavy atom. The molecule has 0 aromatic carbocycles. The molecule has 1 N–H and O–H groups in total. The Morgan fingerprint density at radius 2 is 2.21 bits per heavy atom. The zero-order valence-corrected chi connectivity index (χ0v) is 10.9. The van der Waals surface area contributed by atoms with E-state index in [9.17, 15) is 0 Å². The van der Waals surface area contributed by atoms with Gasteiger partial charge in [-0.15, -0.1) is 0 Å².